The fraction of sp³-hybridized carbons (Fsp3) is 0.304. The van der Waals surface area contributed by atoms with Crippen molar-refractivity contribution in [2.75, 3.05) is 6.54 Å². The van der Waals surface area contributed by atoms with Gasteiger partial charge in [0.1, 0.15) is 18.1 Å². The molecule has 0 saturated heterocycles. The zero-order valence-corrected chi connectivity index (χ0v) is 17.8. The Hall–Kier alpha value is -3.72. The number of phenols is 1. The normalized spacial score (nSPS) is 13.3. The predicted molar refractivity (Wildman–Crippen MR) is 119 cm³/mol. The second-order valence-corrected chi connectivity index (χ2v) is 7.44. The molecule has 0 aliphatic carbocycles. The van der Waals surface area contributed by atoms with Crippen LogP contribution in [-0.4, -0.2) is 53.8 Å². The third-order valence-electron chi connectivity index (χ3n) is 4.66. The molecule has 2 aromatic carbocycles. The Morgan fingerprint density at radius 3 is 2.19 bits per heavy atom. The first-order valence-electron chi connectivity index (χ1n) is 10.2. The van der Waals surface area contributed by atoms with Gasteiger partial charge in [-0.3, -0.25) is 14.4 Å². The molecular formula is C23H28N4O5. The van der Waals surface area contributed by atoms with E-state index in [-0.39, 0.29) is 25.1 Å². The van der Waals surface area contributed by atoms with Crippen molar-refractivity contribution in [3.05, 3.63) is 65.7 Å². The molecule has 0 aliphatic heterocycles. The topological polar surface area (TPSA) is 151 Å². The summed E-state index contributed by atoms with van der Waals surface area (Å²) in [5.74, 6) is -1.48. The quantitative estimate of drug-likeness (QED) is 0.306. The number of hydrogen-bond acceptors (Lipinski definition) is 6. The Balaban J connectivity index is 1.91. The number of nitrogens with one attached hydrogen (secondary N) is 3. The number of aldehydes is 1. The molecule has 3 amide bonds. The lowest BCUT2D eigenvalue weighted by atomic mass is 10.0. The highest BCUT2D eigenvalue weighted by molar-refractivity contribution is 5.92. The summed E-state index contributed by atoms with van der Waals surface area (Å²) in [6.45, 7) is 1.17. The summed E-state index contributed by atoms with van der Waals surface area (Å²) in [5.41, 5.74) is 7.48. The molecule has 0 unspecified atom stereocenters. The van der Waals surface area contributed by atoms with Crippen LogP contribution in [-0.2, 0) is 32.0 Å². The van der Waals surface area contributed by atoms with Gasteiger partial charge in [0.2, 0.25) is 17.7 Å². The number of carbonyl (C=O) groups excluding carboxylic acids is 4. The number of carbonyl (C=O) groups is 4. The number of nitrogens with two attached hydrogens (primary N) is 1. The number of benzene rings is 2. The fourth-order valence-electron chi connectivity index (χ4n) is 2.94. The van der Waals surface area contributed by atoms with Crippen LogP contribution in [0.15, 0.2) is 54.6 Å². The van der Waals surface area contributed by atoms with Crippen molar-refractivity contribution < 1.29 is 24.3 Å². The molecule has 9 heteroatoms. The summed E-state index contributed by atoms with van der Waals surface area (Å²) in [6, 6.07) is 12.9. The van der Waals surface area contributed by atoms with Gasteiger partial charge in [-0.25, -0.2) is 0 Å². The first-order chi connectivity index (χ1) is 15.3. The van der Waals surface area contributed by atoms with Crippen LogP contribution in [0.1, 0.15) is 18.1 Å². The largest absolute Gasteiger partial charge is 0.508 e. The lowest BCUT2D eigenvalue weighted by Gasteiger charge is -2.20. The average Bonchev–Trinajstić information content (AvgIpc) is 2.79. The van der Waals surface area contributed by atoms with E-state index in [0.717, 1.165) is 11.1 Å². The zero-order chi connectivity index (χ0) is 23.5. The van der Waals surface area contributed by atoms with Gasteiger partial charge in [0.15, 0.2) is 0 Å². The molecule has 2 rings (SSSR count). The fourth-order valence-corrected chi connectivity index (χ4v) is 2.94. The van der Waals surface area contributed by atoms with E-state index in [0.29, 0.717) is 6.29 Å². The molecule has 2 aromatic rings. The van der Waals surface area contributed by atoms with Crippen LogP contribution in [0.25, 0.3) is 0 Å². The second-order valence-electron chi connectivity index (χ2n) is 7.44. The maximum Gasteiger partial charge on any atom is 0.243 e. The smallest absolute Gasteiger partial charge is 0.243 e. The van der Waals surface area contributed by atoms with Gasteiger partial charge in [0.05, 0.1) is 18.6 Å². The SMILES string of the molecule is C[C@@H](C=O)NC(=O)[C@H](Cc1ccccc1)NC(=O)CNC(=O)[C@@H](N)Cc1ccc(O)cc1. The Morgan fingerprint density at radius 1 is 0.938 bits per heavy atom. The monoisotopic (exact) mass is 440 g/mol. The van der Waals surface area contributed by atoms with E-state index in [4.69, 9.17) is 5.73 Å². The van der Waals surface area contributed by atoms with Gasteiger partial charge in [-0.05, 0) is 36.6 Å². The summed E-state index contributed by atoms with van der Waals surface area (Å²) in [4.78, 5) is 48.0. The summed E-state index contributed by atoms with van der Waals surface area (Å²) in [7, 11) is 0. The first-order valence-corrected chi connectivity index (χ1v) is 10.2. The second kappa shape index (κ2) is 12.2. The van der Waals surface area contributed by atoms with Crippen LogP contribution in [0.3, 0.4) is 0 Å². The highest BCUT2D eigenvalue weighted by Gasteiger charge is 2.23. The van der Waals surface area contributed by atoms with Crippen molar-refractivity contribution in [3.8, 4) is 5.75 Å². The summed E-state index contributed by atoms with van der Waals surface area (Å²) in [5, 5.41) is 16.9. The molecule has 170 valence electrons. The highest BCUT2D eigenvalue weighted by atomic mass is 16.3. The van der Waals surface area contributed by atoms with E-state index in [2.05, 4.69) is 16.0 Å². The summed E-state index contributed by atoms with van der Waals surface area (Å²) < 4.78 is 0. The van der Waals surface area contributed by atoms with Gasteiger partial charge in [0, 0.05) is 6.42 Å². The lowest BCUT2D eigenvalue weighted by Crippen LogP contribution is -2.53. The molecular weight excluding hydrogens is 412 g/mol. The van der Waals surface area contributed by atoms with Gasteiger partial charge in [-0.1, -0.05) is 42.5 Å². The Kier molecular flexibility index (Phi) is 9.37. The van der Waals surface area contributed by atoms with Crippen LogP contribution in [0.2, 0.25) is 0 Å². The molecule has 0 aromatic heterocycles. The maximum absolute atomic E-state index is 12.5. The van der Waals surface area contributed by atoms with E-state index < -0.39 is 35.8 Å². The Morgan fingerprint density at radius 2 is 1.56 bits per heavy atom. The van der Waals surface area contributed by atoms with E-state index >= 15 is 0 Å². The van der Waals surface area contributed by atoms with Gasteiger partial charge in [0.25, 0.3) is 0 Å². The van der Waals surface area contributed by atoms with Gasteiger partial charge in [-0.15, -0.1) is 0 Å². The lowest BCUT2D eigenvalue weighted by molar-refractivity contribution is -0.130. The number of phenolic OH excluding ortho intramolecular Hbond substituents is 1. The minimum atomic E-state index is -0.921. The Labute approximate surface area is 186 Å². The third kappa shape index (κ3) is 8.19. The summed E-state index contributed by atoms with van der Waals surface area (Å²) >= 11 is 0. The highest BCUT2D eigenvalue weighted by Crippen LogP contribution is 2.11. The van der Waals surface area contributed by atoms with E-state index in [1.54, 1.807) is 12.1 Å². The van der Waals surface area contributed by atoms with Gasteiger partial charge >= 0.3 is 0 Å². The predicted octanol–water partition coefficient (Wildman–Crippen LogP) is -0.191. The number of rotatable bonds is 11. The molecule has 3 atom stereocenters. The molecule has 32 heavy (non-hydrogen) atoms. The van der Waals surface area contributed by atoms with Crippen LogP contribution in [0.4, 0.5) is 0 Å². The molecule has 0 aliphatic rings. The van der Waals surface area contributed by atoms with Crippen LogP contribution < -0.4 is 21.7 Å². The number of hydrogen-bond donors (Lipinski definition) is 5. The van der Waals surface area contributed by atoms with Gasteiger partial charge in [-0.2, -0.15) is 0 Å². The van der Waals surface area contributed by atoms with Crippen molar-refractivity contribution in [2.24, 2.45) is 5.73 Å². The van der Waals surface area contributed by atoms with Crippen LogP contribution >= 0.6 is 0 Å². The van der Waals surface area contributed by atoms with Crippen LogP contribution in [0.5, 0.6) is 5.75 Å². The van der Waals surface area contributed by atoms with E-state index in [1.807, 2.05) is 30.3 Å². The van der Waals surface area contributed by atoms with Crippen molar-refractivity contribution in [1.82, 2.24) is 16.0 Å². The molecule has 0 fully saturated rings. The average molecular weight is 441 g/mol. The molecule has 0 radical (unpaired) electrons. The Bertz CT molecular complexity index is 918. The minimum Gasteiger partial charge on any atom is -0.508 e. The zero-order valence-electron chi connectivity index (χ0n) is 17.8. The van der Waals surface area contributed by atoms with Crippen molar-refractivity contribution in [2.45, 2.75) is 37.9 Å². The third-order valence-corrected chi connectivity index (χ3v) is 4.66. The van der Waals surface area contributed by atoms with Crippen LogP contribution in [0, 0.1) is 0 Å². The molecule has 9 nitrogen and oxygen atoms in total. The molecule has 0 heterocycles. The minimum absolute atomic E-state index is 0.111. The first kappa shape index (κ1) is 24.5. The molecule has 0 bridgehead atoms. The molecule has 0 saturated carbocycles. The molecule has 0 spiro atoms. The van der Waals surface area contributed by atoms with Crippen molar-refractivity contribution in [3.63, 3.8) is 0 Å². The van der Waals surface area contributed by atoms with E-state index in [9.17, 15) is 24.3 Å². The number of aromatic hydroxyl groups is 1. The van der Waals surface area contributed by atoms with E-state index in [1.165, 1.54) is 19.1 Å². The van der Waals surface area contributed by atoms with Crippen molar-refractivity contribution in [1.29, 1.82) is 0 Å². The standard InChI is InChI=1S/C23H28N4O5/c1-15(14-28)26-23(32)20(12-16-5-3-2-4-6-16)27-21(30)13-25-22(31)19(24)11-17-7-9-18(29)10-8-17/h2-10,14-15,19-20,29H,11-13,24H2,1H3,(H,25,31)(H,26,32)(H,27,30)/t15-,19-,20-/m0/s1. The maximum atomic E-state index is 12.5. The molecule has 6 N–H and O–H groups in total. The van der Waals surface area contributed by atoms with Crippen molar-refractivity contribution >= 4 is 24.0 Å². The van der Waals surface area contributed by atoms with Gasteiger partial charge < -0.3 is 31.6 Å². The number of amides is 3. The summed E-state index contributed by atoms with van der Waals surface area (Å²) in [6.07, 6.45) is 1.05.